The molecule has 2 rings (SSSR count). The fourth-order valence-electron chi connectivity index (χ4n) is 2.57. The van der Waals surface area contributed by atoms with Crippen molar-refractivity contribution in [2.45, 2.75) is 18.1 Å². The van der Waals surface area contributed by atoms with Crippen LogP contribution in [-0.4, -0.2) is 38.3 Å². The summed E-state index contributed by atoms with van der Waals surface area (Å²) in [5.74, 6) is 0. The summed E-state index contributed by atoms with van der Waals surface area (Å²) >= 11 is 0. The van der Waals surface area contributed by atoms with Crippen LogP contribution in [0, 0.1) is 0 Å². The molecule has 16 heavy (non-hydrogen) atoms. The second-order valence-electron chi connectivity index (χ2n) is 4.78. The fraction of sp³-hybridized carbons (Fsp3) is 0.538. The molecule has 0 spiro atoms. The molecular weight excluding hydrogens is 200 g/mol. The van der Waals surface area contributed by atoms with E-state index in [1.54, 1.807) is 7.11 Å². The van der Waals surface area contributed by atoms with E-state index >= 15 is 0 Å². The van der Waals surface area contributed by atoms with Crippen molar-refractivity contribution in [2.75, 3.05) is 27.2 Å². The molecule has 0 aliphatic carbocycles. The lowest BCUT2D eigenvalue weighted by Gasteiger charge is -2.42. The highest BCUT2D eigenvalue weighted by atomic mass is 16.5. The molecule has 0 bridgehead atoms. The second-order valence-corrected chi connectivity index (χ2v) is 4.78. The first kappa shape index (κ1) is 11.6. The molecule has 2 atom stereocenters. The summed E-state index contributed by atoms with van der Waals surface area (Å²) in [7, 11) is 3.85. The smallest absolute Gasteiger partial charge is 0.0719 e. The third kappa shape index (κ3) is 2.26. The summed E-state index contributed by atoms with van der Waals surface area (Å²) in [4.78, 5) is 2.24. The zero-order chi connectivity index (χ0) is 11.6. The number of rotatable bonds is 2. The van der Waals surface area contributed by atoms with Gasteiger partial charge in [0.25, 0.3) is 0 Å². The van der Waals surface area contributed by atoms with E-state index in [9.17, 15) is 0 Å². The van der Waals surface area contributed by atoms with Crippen LogP contribution in [0.1, 0.15) is 12.0 Å². The van der Waals surface area contributed by atoms with Crippen LogP contribution in [0.15, 0.2) is 30.3 Å². The van der Waals surface area contributed by atoms with Crippen LogP contribution >= 0.6 is 0 Å². The van der Waals surface area contributed by atoms with Gasteiger partial charge >= 0.3 is 0 Å². The molecule has 88 valence electrons. The van der Waals surface area contributed by atoms with Gasteiger partial charge in [-0.3, -0.25) is 0 Å². The van der Waals surface area contributed by atoms with Crippen molar-refractivity contribution in [3.05, 3.63) is 35.9 Å². The first-order valence-electron chi connectivity index (χ1n) is 5.70. The molecular formula is C13H20N2O. The quantitative estimate of drug-likeness (QED) is 0.813. The van der Waals surface area contributed by atoms with Crippen molar-refractivity contribution in [3.63, 3.8) is 0 Å². The van der Waals surface area contributed by atoms with Crippen molar-refractivity contribution >= 4 is 0 Å². The van der Waals surface area contributed by atoms with E-state index < -0.39 is 0 Å². The maximum Gasteiger partial charge on any atom is 0.0719 e. The molecule has 1 aliphatic heterocycles. The zero-order valence-electron chi connectivity index (χ0n) is 10.0. The lowest BCUT2D eigenvalue weighted by atomic mass is 9.82. The standard InChI is InChI=1S/C13H20N2O/c1-15-9-12(16-2)8-13(14,10-15)11-6-4-3-5-7-11/h3-7,12H,8-10,14H2,1-2H3. The lowest BCUT2D eigenvalue weighted by Crippen LogP contribution is -2.55. The number of ether oxygens (including phenoxy) is 1. The molecule has 2 unspecified atom stereocenters. The van der Waals surface area contributed by atoms with Gasteiger partial charge < -0.3 is 15.4 Å². The van der Waals surface area contributed by atoms with Gasteiger partial charge in [0.1, 0.15) is 0 Å². The van der Waals surface area contributed by atoms with E-state index in [0.717, 1.165) is 19.5 Å². The minimum absolute atomic E-state index is 0.226. The molecule has 0 saturated carbocycles. The van der Waals surface area contributed by atoms with Crippen LogP contribution in [0.3, 0.4) is 0 Å². The van der Waals surface area contributed by atoms with Crippen molar-refractivity contribution in [1.82, 2.24) is 4.90 Å². The number of likely N-dealkylation sites (tertiary alicyclic amines) is 1. The molecule has 1 aliphatic rings. The normalized spacial score (nSPS) is 31.6. The summed E-state index contributed by atoms with van der Waals surface area (Å²) < 4.78 is 5.46. The van der Waals surface area contributed by atoms with Gasteiger partial charge in [0, 0.05) is 20.2 Å². The highest BCUT2D eigenvalue weighted by molar-refractivity contribution is 5.25. The highest BCUT2D eigenvalue weighted by Crippen LogP contribution is 2.29. The Morgan fingerprint density at radius 2 is 2.06 bits per heavy atom. The number of hydrogen-bond donors (Lipinski definition) is 1. The third-order valence-electron chi connectivity index (χ3n) is 3.34. The average Bonchev–Trinajstić information content (AvgIpc) is 2.29. The number of benzene rings is 1. The largest absolute Gasteiger partial charge is 0.380 e. The van der Waals surface area contributed by atoms with E-state index in [4.69, 9.17) is 10.5 Å². The second kappa shape index (κ2) is 4.53. The molecule has 2 N–H and O–H groups in total. The van der Waals surface area contributed by atoms with Gasteiger partial charge in [-0.25, -0.2) is 0 Å². The molecule has 1 heterocycles. The van der Waals surface area contributed by atoms with E-state index in [2.05, 4.69) is 24.1 Å². The number of methoxy groups -OCH3 is 1. The first-order chi connectivity index (χ1) is 7.64. The van der Waals surface area contributed by atoms with Crippen LogP contribution in [0.4, 0.5) is 0 Å². The van der Waals surface area contributed by atoms with Gasteiger partial charge in [-0.15, -0.1) is 0 Å². The van der Waals surface area contributed by atoms with Crippen LogP contribution in [0.2, 0.25) is 0 Å². The van der Waals surface area contributed by atoms with E-state index in [-0.39, 0.29) is 11.6 Å². The van der Waals surface area contributed by atoms with E-state index in [0.29, 0.717) is 0 Å². The van der Waals surface area contributed by atoms with Crippen molar-refractivity contribution in [2.24, 2.45) is 5.73 Å². The Bertz CT molecular complexity index is 341. The van der Waals surface area contributed by atoms with Crippen LogP contribution in [-0.2, 0) is 10.3 Å². The van der Waals surface area contributed by atoms with Crippen LogP contribution < -0.4 is 5.73 Å². The minimum Gasteiger partial charge on any atom is -0.380 e. The average molecular weight is 220 g/mol. The Kier molecular flexibility index (Phi) is 3.28. The Balaban J connectivity index is 2.23. The first-order valence-corrected chi connectivity index (χ1v) is 5.70. The summed E-state index contributed by atoms with van der Waals surface area (Å²) in [6, 6.07) is 10.3. The molecule has 1 saturated heterocycles. The van der Waals surface area contributed by atoms with Crippen molar-refractivity contribution < 1.29 is 4.74 Å². The van der Waals surface area contributed by atoms with Gasteiger partial charge in [0.2, 0.25) is 0 Å². The van der Waals surface area contributed by atoms with Gasteiger partial charge in [0.15, 0.2) is 0 Å². The molecule has 0 amide bonds. The minimum atomic E-state index is -0.283. The molecule has 0 radical (unpaired) electrons. The highest BCUT2D eigenvalue weighted by Gasteiger charge is 2.36. The van der Waals surface area contributed by atoms with Gasteiger partial charge in [-0.2, -0.15) is 0 Å². The van der Waals surface area contributed by atoms with Gasteiger partial charge in [-0.05, 0) is 19.0 Å². The molecule has 1 aromatic carbocycles. The molecule has 1 aromatic rings. The number of nitrogens with zero attached hydrogens (tertiary/aromatic N) is 1. The Labute approximate surface area is 97.2 Å². The van der Waals surface area contributed by atoms with Gasteiger partial charge in [-0.1, -0.05) is 30.3 Å². The predicted octanol–water partition coefficient (Wildman–Crippen LogP) is 1.19. The predicted molar refractivity (Wildman–Crippen MR) is 65.2 cm³/mol. The number of nitrogens with two attached hydrogens (primary N) is 1. The Morgan fingerprint density at radius 3 is 2.69 bits per heavy atom. The summed E-state index contributed by atoms with van der Waals surface area (Å²) in [6.07, 6.45) is 1.11. The lowest BCUT2D eigenvalue weighted by molar-refractivity contribution is 0.00579. The molecule has 3 heteroatoms. The van der Waals surface area contributed by atoms with Crippen molar-refractivity contribution in [1.29, 1.82) is 0 Å². The number of piperidine rings is 1. The number of likely N-dealkylation sites (N-methyl/N-ethyl adjacent to an activating group) is 1. The maximum atomic E-state index is 6.52. The van der Waals surface area contributed by atoms with Crippen LogP contribution in [0.25, 0.3) is 0 Å². The summed E-state index contributed by atoms with van der Waals surface area (Å²) in [5.41, 5.74) is 7.43. The third-order valence-corrected chi connectivity index (χ3v) is 3.34. The van der Waals surface area contributed by atoms with Crippen LogP contribution in [0.5, 0.6) is 0 Å². The maximum absolute atomic E-state index is 6.52. The zero-order valence-corrected chi connectivity index (χ0v) is 10.0. The van der Waals surface area contributed by atoms with Crippen molar-refractivity contribution in [3.8, 4) is 0 Å². The number of hydrogen-bond acceptors (Lipinski definition) is 3. The van der Waals surface area contributed by atoms with E-state index in [1.165, 1.54) is 5.56 Å². The Morgan fingerprint density at radius 1 is 1.38 bits per heavy atom. The SMILES string of the molecule is COC1CN(C)CC(N)(c2ccccc2)C1. The topological polar surface area (TPSA) is 38.5 Å². The molecule has 3 nitrogen and oxygen atoms in total. The molecule has 0 aromatic heterocycles. The monoisotopic (exact) mass is 220 g/mol. The summed E-state index contributed by atoms with van der Waals surface area (Å²) in [5, 5.41) is 0. The van der Waals surface area contributed by atoms with Gasteiger partial charge in [0.05, 0.1) is 11.6 Å². The fourth-order valence-corrected chi connectivity index (χ4v) is 2.57. The summed E-state index contributed by atoms with van der Waals surface area (Å²) in [6.45, 7) is 1.85. The van der Waals surface area contributed by atoms with E-state index in [1.807, 2.05) is 18.2 Å². The Hall–Kier alpha value is -0.900. The molecule has 1 fully saturated rings.